The van der Waals surface area contributed by atoms with E-state index in [9.17, 15) is 0 Å². The van der Waals surface area contributed by atoms with E-state index in [1.165, 1.54) is 19.4 Å². The summed E-state index contributed by atoms with van der Waals surface area (Å²) in [6.45, 7) is 2.06. The summed E-state index contributed by atoms with van der Waals surface area (Å²) in [6.07, 6.45) is 2.43. The van der Waals surface area contributed by atoms with Crippen molar-refractivity contribution in [3.05, 3.63) is 0 Å². The van der Waals surface area contributed by atoms with E-state index < -0.39 is 0 Å². The second-order valence-electron chi connectivity index (χ2n) is 1.69. The van der Waals surface area contributed by atoms with Crippen LogP contribution in [-0.2, 0) is 0 Å². The highest BCUT2D eigenvalue weighted by atomic mass is 14.8. The van der Waals surface area contributed by atoms with Crippen LogP contribution < -0.4 is 11.1 Å². The van der Waals surface area contributed by atoms with Crippen molar-refractivity contribution in [2.45, 2.75) is 12.8 Å². The van der Waals surface area contributed by atoms with Crippen molar-refractivity contribution >= 4 is 0 Å². The number of nitrogens with two attached hydrogens (primary N) is 2. The van der Waals surface area contributed by atoms with E-state index in [0.29, 0.717) is 0 Å². The highest BCUT2D eigenvalue weighted by molar-refractivity contribution is 4.34. The summed E-state index contributed by atoms with van der Waals surface area (Å²) in [5.74, 6) is 0. The molecule has 0 amide bonds. The topological polar surface area (TPSA) is 42.6 Å². The normalized spacial score (nSPS) is 9.43. The zero-order valence-electron chi connectivity index (χ0n) is 4.98. The number of rotatable bonds is 4. The monoisotopic (exact) mass is 103 g/mol. The molecular weight excluding hydrogens is 88.1 g/mol. The van der Waals surface area contributed by atoms with Crippen LogP contribution in [0.3, 0.4) is 0 Å². The Hall–Kier alpha value is -0.0800. The molecule has 0 radical (unpaired) electrons. The van der Waals surface area contributed by atoms with Crippen LogP contribution in [-0.4, -0.2) is 20.1 Å². The minimum Gasteiger partial charge on any atom is -0.349 e. The molecule has 2 heteroatoms. The van der Waals surface area contributed by atoms with Crippen molar-refractivity contribution in [3.8, 4) is 0 Å². The Morgan fingerprint density at radius 3 is 2.57 bits per heavy atom. The van der Waals surface area contributed by atoms with Crippen LogP contribution >= 0.6 is 0 Å². The maximum Gasteiger partial charge on any atom is 0.0753 e. The molecule has 2 nitrogen and oxygen atoms in total. The summed E-state index contributed by atoms with van der Waals surface area (Å²) in [5.41, 5.74) is 5.26. The van der Waals surface area contributed by atoms with Gasteiger partial charge in [-0.25, -0.2) is 0 Å². The van der Waals surface area contributed by atoms with E-state index in [1.54, 1.807) is 0 Å². The quantitative estimate of drug-likeness (QED) is 0.437. The van der Waals surface area contributed by atoms with Gasteiger partial charge in [0, 0.05) is 0 Å². The van der Waals surface area contributed by atoms with Crippen molar-refractivity contribution in [2.24, 2.45) is 5.73 Å². The molecular formula is C5H15N2+. The molecule has 0 bridgehead atoms. The highest BCUT2D eigenvalue weighted by Gasteiger charge is 1.81. The number of quaternary nitrogens is 1. The van der Waals surface area contributed by atoms with Gasteiger partial charge in [0.25, 0.3) is 0 Å². The average Bonchev–Trinajstić information content (AvgIpc) is 1.69. The molecule has 0 aliphatic heterocycles. The summed E-state index contributed by atoms with van der Waals surface area (Å²) >= 11 is 0. The molecule has 0 aliphatic carbocycles. The van der Waals surface area contributed by atoms with E-state index in [2.05, 4.69) is 12.4 Å². The van der Waals surface area contributed by atoms with E-state index in [-0.39, 0.29) is 0 Å². The molecule has 0 rings (SSSR count). The molecule has 0 aromatic carbocycles. The summed E-state index contributed by atoms with van der Waals surface area (Å²) in [4.78, 5) is 0. The highest BCUT2D eigenvalue weighted by Crippen LogP contribution is 1.76. The van der Waals surface area contributed by atoms with Crippen LogP contribution in [0.1, 0.15) is 12.8 Å². The molecule has 0 aliphatic rings. The fourth-order valence-electron chi connectivity index (χ4n) is 0.493. The minimum atomic E-state index is 0.841. The molecule has 0 fully saturated rings. The molecule has 0 aromatic rings. The van der Waals surface area contributed by atoms with E-state index >= 15 is 0 Å². The maximum atomic E-state index is 5.26. The first-order valence-electron chi connectivity index (χ1n) is 2.89. The molecule has 44 valence electrons. The first-order chi connectivity index (χ1) is 3.41. The van der Waals surface area contributed by atoms with Gasteiger partial charge in [0.1, 0.15) is 0 Å². The lowest BCUT2D eigenvalue weighted by Crippen LogP contribution is -2.79. The van der Waals surface area contributed by atoms with Gasteiger partial charge in [0.05, 0.1) is 13.6 Å². The zero-order chi connectivity index (χ0) is 5.54. The Labute approximate surface area is 45.1 Å². The van der Waals surface area contributed by atoms with E-state index in [4.69, 9.17) is 5.73 Å². The number of unbranched alkanes of at least 4 members (excludes halogenated alkanes) is 1. The first kappa shape index (κ1) is 6.92. The molecule has 0 saturated heterocycles. The summed E-state index contributed by atoms with van der Waals surface area (Å²) in [6, 6.07) is 0. The van der Waals surface area contributed by atoms with Crippen LogP contribution in [0.25, 0.3) is 0 Å². The summed E-state index contributed by atoms with van der Waals surface area (Å²) < 4.78 is 0. The van der Waals surface area contributed by atoms with Gasteiger partial charge in [-0.1, -0.05) is 0 Å². The van der Waals surface area contributed by atoms with Crippen molar-refractivity contribution in [1.29, 1.82) is 0 Å². The minimum absolute atomic E-state index is 0.841. The number of hydrogen-bond acceptors (Lipinski definition) is 1. The lowest BCUT2D eigenvalue weighted by molar-refractivity contribution is -0.627. The molecule has 0 atom stereocenters. The van der Waals surface area contributed by atoms with E-state index in [0.717, 1.165) is 6.54 Å². The fourth-order valence-corrected chi connectivity index (χ4v) is 0.493. The summed E-state index contributed by atoms with van der Waals surface area (Å²) in [5, 5.41) is 2.18. The maximum absolute atomic E-state index is 5.26. The number of hydrogen-bond donors (Lipinski definition) is 2. The Balaban J connectivity index is 2.45. The van der Waals surface area contributed by atoms with Crippen molar-refractivity contribution in [1.82, 2.24) is 0 Å². The second kappa shape index (κ2) is 5.92. The Kier molecular flexibility index (Phi) is 5.85. The largest absolute Gasteiger partial charge is 0.349 e. The first-order valence-corrected chi connectivity index (χ1v) is 2.89. The van der Waals surface area contributed by atoms with Crippen LogP contribution in [0.4, 0.5) is 0 Å². The van der Waals surface area contributed by atoms with Gasteiger partial charge in [-0.3, -0.25) is 0 Å². The third-order valence-corrected chi connectivity index (χ3v) is 0.947. The lowest BCUT2D eigenvalue weighted by Gasteiger charge is -1.90. The average molecular weight is 103 g/mol. The van der Waals surface area contributed by atoms with Gasteiger partial charge in [-0.2, -0.15) is 0 Å². The molecule has 4 N–H and O–H groups in total. The second-order valence-corrected chi connectivity index (χ2v) is 1.69. The Morgan fingerprint density at radius 2 is 2.14 bits per heavy atom. The van der Waals surface area contributed by atoms with Crippen LogP contribution in [0.15, 0.2) is 0 Å². The van der Waals surface area contributed by atoms with Crippen molar-refractivity contribution in [3.63, 3.8) is 0 Å². The van der Waals surface area contributed by atoms with Gasteiger partial charge < -0.3 is 11.1 Å². The lowest BCUT2D eigenvalue weighted by atomic mass is 10.3. The van der Waals surface area contributed by atoms with Crippen LogP contribution in [0, 0.1) is 0 Å². The standard InChI is InChI=1S/C5H14N2/c1-7-5-3-2-4-6/h7H,2-6H2,1H3/p+1. The third-order valence-electron chi connectivity index (χ3n) is 0.947. The van der Waals surface area contributed by atoms with Crippen molar-refractivity contribution in [2.75, 3.05) is 20.1 Å². The van der Waals surface area contributed by atoms with Gasteiger partial charge in [0.2, 0.25) is 0 Å². The Morgan fingerprint density at radius 1 is 1.43 bits per heavy atom. The predicted octanol–water partition coefficient (Wildman–Crippen LogP) is -1.08. The summed E-state index contributed by atoms with van der Waals surface area (Å²) in [7, 11) is 2.08. The molecule has 7 heavy (non-hydrogen) atoms. The zero-order valence-corrected chi connectivity index (χ0v) is 4.98. The Bertz CT molecular complexity index is 25.3. The molecule has 0 heterocycles. The van der Waals surface area contributed by atoms with Gasteiger partial charge in [0.15, 0.2) is 0 Å². The fraction of sp³-hybridized carbons (Fsp3) is 1.00. The predicted molar refractivity (Wildman–Crippen MR) is 31.0 cm³/mol. The van der Waals surface area contributed by atoms with Gasteiger partial charge in [-0.05, 0) is 19.4 Å². The molecule has 0 aromatic heterocycles. The smallest absolute Gasteiger partial charge is 0.0753 e. The van der Waals surface area contributed by atoms with Crippen LogP contribution in [0.5, 0.6) is 0 Å². The third kappa shape index (κ3) is 5.92. The molecule has 0 spiro atoms. The van der Waals surface area contributed by atoms with Gasteiger partial charge in [-0.15, -0.1) is 0 Å². The molecule has 0 saturated carbocycles. The van der Waals surface area contributed by atoms with Crippen molar-refractivity contribution < 1.29 is 5.32 Å². The molecule has 0 unspecified atom stereocenters. The van der Waals surface area contributed by atoms with Gasteiger partial charge >= 0.3 is 0 Å². The van der Waals surface area contributed by atoms with E-state index in [1.807, 2.05) is 0 Å². The van der Waals surface area contributed by atoms with Crippen LogP contribution in [0.2, 0.25) is 0 Å². The SMILES string of the molecule is C[NH2+]CCCCN.